The van der Waals surface area contributed by atoms with E-state index >= 15 is 0 Å². The zero-order valence-corrected chi connectivity index (χ0v) is 10.6. The predicted molar refractivity (Wildman–Crippen MR) is 68.2 cm³/mol. The summed E-state index contributed by atoms with van der Waals surface area (Å²) in [6.07, 6.45) is 2.37. The van der Waals surface area contributed by atoms with Crippen molar-refractivity contribution in [1.82, 2.24) is 4.90 Å². The van der Waals surface area contributed by atoms with Crippen molar-refractivity contribution in [2.24, 2.45) is 5.73 Å². The van der Waals surface area contributed by atoms with Crippen LogP contribution in [0.25, 0.3) is 0 Å². The minimum absolute atomic E-state index is 0.128. The molecule has 0 aliphatic carbocycles. The molecule has 3 heteroatoms. The summed E-state index contributed by atoms with van der Waals surface area (Å²) in [7, 11) is 0. The van der Waals surface area contributed by atoms with Crippen LogP contribution in [-0.2, 0) is 0 Å². The molecule has 1 atom stereocenters. The van der Waals surface area contributed by atoms with Crippen LogP contribution in [-0.4, -0.2) is 23.5 Å². The molecule has 1 aromatic rings. The second-order valence-corrected chi connectivity index (χ2v) is 5.42. The number of halogens is 1. The molecule has 17 heavy (non-hydrogen) atoms. The highest BCUT2D eigenvalue weighted by Gasteiger charge is 2.36. The van der Waals surface area contributed by atoms with Crippen LogP contribution in [0.1, 0.15) is 38.3 Å². The second kappa shape index (κ2) is 4.75. The van der Waals surface area contributed by atoms with Crippen LogP contribution >= 0.6 is 0 Å². The number of hydrogen-bond acceptors (Lipinski definition) is 2. The number of rotatable bonds is 3. The van der Waals surface area contributed by atoms with E-state index in [1.807, 2.05) is 6.07 Å². The van der Waals surface area contributed by atoms with Crippen LogP contribution < -0.4 is 5.73 Å². The van der Waals surface area contributed by atoms with E-state index < -0.39 is 0 Å². The van der Waals surface area contributed by atoms with Crippen molar-refractivity contribution in [3.05, 3.63) is 35.6 Å². The van der Waals surface area contributed by atoms with E-state index in [1.165, 1.54) is 18.9 Å². The van der Waals surface area contributed by atoms with Gasteiger partial charge in [0.15, 0.2) is 0 Å². The molecule has 1 heterocycles. The Morgan fingerprint density at radius 3 is 2.76 bits per heavy atom. The van der Waals surface area contributed by atoms with E-state index in [2.05, 4.69) is 18.7 Å². The van der Waals surface area contributed by atoms with E-state index in [9.17, 15) is 4.39 Å². The van der Waals surface area contributed by atoms with Crippen LogP contribution in [0.15, 0.2) is 24.3 Å². The molecule has 0 spiro atoms. The van der Waals surface area contributed by atoms with Crippen LogP contribution in [0.3, 0.4) is 0 Å². The summed E-state index contributed by atoms with van der Waals surface area (Å²) in [6, 6.07) is 6.94. The van der Waals surface area contributed by atoms with Gasteiger partial charge in [-0.3, -0.25) is 4.90 Å². The van der Waals surface area contributed by atoms with Crippen LogP contribution in [0.5, 0.6) is 0 Å². The fourth-order valence-corrected chi connectivity index (χ4v) is 2.86. The topological polar surface area (TPSA) is 29.3 Å². The molecule has 2 N–H and O–H groups in total. The number of hydrogen-bond donors (Lipinski definition) is 1. The summed E-state index contributed by atoms with van der Waals surface area (Å²) in [5, 5.41) is 0. The first-order valence-electron chi connectivity index (χ1n) is 6.27. The highest BCUT2D eigenvalue weighted by Crippen LogP contribution is 2.35. The van der Waals surface area contributed by atoms with Crippen molar-refractivity contribution in [2.75, 3.05) is 13.1 Å². The van der Waals surface area contributed by atoms with Crippen molar-refractivity contribution >= 4 is 0 Å². The maximum atomic E-state index is 13.3. The maximum Gasteiger partial charge on any atom is 0.123 e. The van der Waals surface area contributed by atoms with Gasteiger partial charge in [0.05, 0.1) is 0 Å². The Morgan fingerprint density at radius 2 is 2.24 bits per heavy atom. The lowest BCUT2D eigenvalue weighted by Gasteiger charge is -2.38. The molecular weight excluding hydrogens is 215 g/mol. The first-order valence-corrected chi connectivity index (χ1v) is 6.27. The quantitative estimate of drug-likeness (QED) is 0.874. The normalized spacial score (nSPS) is 21.6. The van der Waals surface area contributed by atoms with Gasteiger partial charge in [-0.25, -0.2) is 4.39 Å². The molecule has 1 aliphatic rings. The fraction of sp³-hybridized carbons (Fsp3) is 0.571. The Balaban J connectivity index is 2.27. The van der Waals surface area contributed by atoms with Crippen molar-refractivity contribution in [2.45, 2.75) is 38.3 Å². The highest BCUT2D eigenvalue weighted by molar-refractivity contribution is 5.21. The third-order valence-electron chi connectivity index (χ3n) is 3.80. The number of nitrogens with zero attached hydrogens (tertiary/aromatic N) is 1. The average Bonchev–Trinajstić information content (AvgIpc) is 2.60. The van der Waals surface area contributed by atoms with Gasteiger partial charge in [0.1, 0.15) is 5.82 Å². The van der Waals surface area contributed by atoms with Gasteiger partial charge < -0.3 is 5.73 Å². The van der Waals surface area contributed by atoms with E-state index in [1.54, 1.807) is 12.1 Å². The Bertz CT molecular complexity index is 390. The van der Waals surface area contributed by atoms with Gasteiger partial charge in [0.25, 0.3) is 0 Å². The zero-order chi connectivity index (χ0) is 12.5. The molecule has 0 saturated carbocycles. The Kier molecular flexibility index (Phi) is 3.50. The lowest BCUT2D eigenvalue weighted by molar-refractivity contribution is 0.119. The van der Waals surface area contributed by atoms with E-state index in [0.29, 0.717) is 6.54 Å². The summed E-state index contributed by atoms with van der Waals surface area (Å²) < 4.78 is 13.3. The van der Waals surface area contributed by atoms with Crippen LogP contribution in [0.2, 0.25) is 0 Å². The summed E-state index contributed by atoms with van der Waals surface area (Å²) in [6.45, 7) is 6.06. The Labute approximate surface area is 103 Å². The fourth-order valence-electron chi connectivity index (χ4n) is 2.86. The molecule has 1 fully saturated rings. The molecule has 0 amide bonds. The lowest BCUT2D eigenvalue weighted by Crippen LogP contribution is -2.43. The van der Waals surface area contributed by atoms with Gasteiger partial charge in [0.2, 0.25) is 0 Å². The SMILES string of the molecule is CC1(C)CCCN1C(CN)c1cccc(F)c1. The molecule has 0 aromatic heterocycles. The van der Waals surface area contributed by atoms with Crippen molar-refractivity contribution in [3.63, 3.8) is 0 Å². The monoisotopic (exact) mass is 236 g/mol. The van der Waals surface area contributed by atoms with Gasteiger partial charge >= 0.3 is 0 Å². The summed E-state index contributed by atoms with van der Waals surface area (Å²) in [5.41, 5.74) is 7.04. The van der Waals surface area contributed by atoms with E-state index in [4.69, 9.17) is 5.73 Å². The first kappa shape index (κ1) is 12.5. The molecule has 2 nitrogen and oxygen atoms in total. The van der Waals surface area contributed by atoms with Crippen molar-refractivity contribution in [1.29, 1.82) is 0 Å². The minimum Gasteiger partial charge on any atom is -0.329 e. The third kappa shape index (κ3) is 2.50. The molecule has 0 bridgehead atoms. The van der Waals surface area contributed by atoms with Crippen LogP contribution in [0.4, 0.5) is 4.39 Å². The van der Waals surface area contributed by atoms with Gasteiger partial charge in [0, 0.05) is 18.1 Å². The molecular formula is C14H21FN2. The molecule has 0 radical (unpaired) electrons. The third-order valence-corrected chi connectivity index (χ3v) is 3.80. The van der Waals surface area contributed by atoms with Gasteiger partial charge in [-0.05, 0) is 50.9 Å². The number of nitrogens with two attached hydrogens (primary N) is 1. The number of benzene rings is 1. The summed E-state index contributed by atoms with van der Waals surface area (Å²) in [4.78, 5) is 2.40. The molecule has 2 rings (SSSR count). The summed E-state index contributed by atoms with van der Waals surface area (Å²) in [5.74, 6) is -0.182. The zero-order valence-electron chi connectivity index (χ0n) is 10.6. The van der Waals surface area contributed by atoms with E-state index in [-0.39, 0.29) is 17.4 Å². The molecule has 1 unspecified atom stereocenters. The Morgan fingerprint density at radius 1 is 1.47 bits per heavy atom. The first-order chi connectivity index (χ1) is 8.04. The smallest absolute Gasteiger partial charge is 0.123 e. The lowest BCUT2D eigenvalue weighted by atomic mass is 9.97. The molecule has 1 aliphatic heterocycles. The Hall–Kier alpha value is -0.930. The molecule has 1 saturated heterocycles. The largest absolute Gasteiger partial charge is 0.329 e. The van der Waals surface area contributed by atoms with Gasteiger partial charge in [-0.15, -0.1) is 0 Å². The van der Waals surface area contributed by atoms with Gasteiger partial charge in [-0.2, -0.15) is 0 Å². The molecule has 1 aromatic carbocycles. The van der Waals surface area contributed by atoms with Crippen LogP contribution in [0, 0.1) is 5.82 Å². The number of likely N-dealkylation sites (tertiary alicyclic amines) is 1. The summed E-state index contributed by atoms with van der Waals surface area (Å²) >= 11 is 0. The minimum atomic E-state index is -0.182. The van der Waals surface area contributed by atoms with Crippen molar-refractivity contribution in [3.8, 4) is 0 Å². The maximum absolute atomic E-state index is 13.3. The predicted octanol–water partition coefficient (Wildman–Crippen LogP) is 2.70. The second-order valence-electron chi connectivity index (χ2n) is 5.42. The highest BCUT2D eigenvalue weighted by atomic mass is 19.1. The average molecular weight is 236 g/mol. The molecule has 94 valence electrons. The van der Waals surface area contributed by atoms with E-state index in [0.717, 1.165) is 12.1 Å². The standard InChI is InChI=1S/C14H21FN2/c1-14(2)7-4-8-17(14)13(10-16)11-5-3-6-12(15)9-11/h3,5-6,9,13H,4,7-8,10,16H2,1-2H3. The van der Waals surface area contributed by atoms with Gasteiger partial charge in [-0.1, -0.05) is 12.1 Å². The van der Waals surface area contributed by atoms with Crippen molar-refractivity contribution < 1.29 is 4.39 Å².